The summed E-state index contributed by atoms with van der Waals surface area (Å²) in [6.45, 7) is 5.00. The van der Waals surface area contributed by atoms with Gasteiger partial charge in [-0.3, -0.25) is 0 Å². The molecule has 1 aliphatic rings. The van der Waals surface area contributed by atoms with Gasteiger partial charge in [-0.05, 0) is 25.7 Å². The Hall–Kier alpha value is -0.0800. The van der Waals surface area contributed by atoms with Gasteiger partial charge >= 0.3 is 0 Å². The molecular weight excluding hydrogens is 162 g/mol. The maximum absolute atomic E-state index is 5.75. The maximum Gasteiger partial charge on any atom is 0.0618 e. The lowest BCUT2D eigenvalue weighted by molar-refractivity contribution is 0.00768. The van der Waals surface area contributed by atoms with Gasteiger partial charge in [0.25, 0.3) is 0 Å². The Morgan fingerprint density at radius 2 is 2.23 bits per heavy atom. The molecule has 0 saturated heterocycles. The molecule has 0 amide bonds. The zero-order valence-electron chi connectivity index (χ0n) is 8.96. The summed E-state index contributed by atoms with van der Waals surface area (Å²) in [6, 6.07) is 0.182. The highest BCUT2D eigenvalue weighted by atomic mass is 16.5. The van der Waals surface area contributed by atoms with Crippen LogP contribution in [0.3, 0.4) is 0 Å². The highest BCUT2D eigenvalue weighted by Gasteiger charge is 2.21. The first-order valence-corrected chi connectivity index (χ1v) is 5.59. The third-order valence-corrected chi connectivity index (χ3v) is 2.91. The van der Waals surface area contributed by atoms with Crippen molar-refractivity contribution in [2.24, 2.45) is 11.7 Å². The number of nitrogens with two attached hydrogens (primary N) is 1. The molecule has 1 rings (SSSR count). The van der Waals surface area contributed by atoms with E-state index < -0.39 is 0 Å². The smallest absolute Gasteiger partial charge is 0.0618 e. The van der Waals surface area contributed by atoms with Gasteiger partial charge in [0.2, 0.25) is 0 Å². The molecule has 0 aliphatic heterocycles. The summed E-state index contributed by atoms with van der Waals surface area (Å²) in [7, 11) is 0. The first-order valence-electron chi connectivity index (χ1n) is 5.59. The zero-order chi connectivity index (χ0) is 9.68. The minimum Gasteiger partial charge on any atom is -0.377 e. The Bertz CT molecular complexity index is 136. The van der Waals surface area contributed by atoms with Gasteiger partial charge in [0.15, 0.2) is 0 Å². The molecule has 0 aromatic heterocycles. The van der Waals surface area contributed by atoms with Crippen molar-refractivity contribution in [1.82, 2.24) is 0 Å². The van der Waals surface area contributed by atoms with E-state index in [9.17, 15) is 0 Å². The average molecular weight is 185 g/mol. The second-order valence-electron chi connectivity index (χ2n) is 4.37. The molecule has 0 aromatic carbocycles. The van der Waals surface area contributed by atoms with E-state index in [1.54, 1.807) is 0 Å². The molecule has 2 unspecified atom stereocenters. The second kappa shape index (κ2) is 5.61. The van der Waals surface area contributed by atoms with Crippen LogP contribution >= 0.6 is 0 Å². The summed E-state index contributed by atoms with van der Waals surface area (Å²) in [5.74, 6) is 0.895. The maximum atomic E-state index is 5.75. The van der Waals surface area contributed by atoms with Crippen LogP contribution in [0.4, 0.5) is 0 Å². The summed E-state index contributed by atoms with van der Waals surface area (Å²) in [5.41, 5.74) is 5.65. The Morgan fingerprint density at radius 1 is 1.46 bits per heavy atom. The van der Waals surface area contributed by atoms with Gasteiger partial charge in [-0.25, -0.2) is 0 Å². The molecule has 1 fully saturated rings. The molecule has 0 bridgehead atoms. The van der Waals surface area contributed by atoms with Crippen molar-refractivity contribution in [3.05, 3.63) is 0 Å². The third-order valence-electron chi connectivity index (χ3n) is 2.91. The molecule has 2 N–H and O–H groups in total. The van der Waals surface area contributed by atoms with Crippen LogP contribution in [0, 0.1) is 5.92 Å². The van der Waals surface area contributed by atoms with E-state index in [1.165, 1.54) is 32.1 Å². The monoisotopic (exact) mass is 185 g/mol. The predicted molar refractivity (Wildman–Crippen MR) is 55.6 cm³/mol. The van der Waals surface area contributed by atoms with Crippen molar-refractivity contribution in [2.45, 2.75) is 58.1 Å². The lowest BCUT2D eigenvalue weighted by Crippen LogP contribution is -2.29. The Balaban J connectivity index is 2.18. The van der Waals surface area contributed by atoms with Crippen molar-refractivity contribution < 1.29 is 4.74 Å². The topological polar surface area (TPSA) is 35.2 Å². The van der Waals surface area contributed by atoms with Crippen LogP contribution in [0.25, 0.3) is 0 Å². The minimum atomic E-state index is 0.182. The molecule has 13 heavy (non-hydrogen) atoms. The average Bonchev–Trinajstić information content (AvgIpc) is 2.15. The minimum absolute atomic E-state index is 0.182. The van der Waals surface area contributed by atoms with E-state index in [0.29, 0.717) is 6.10 Å². The van der Waals surface area contributed by atoms with Crippen molar-refractivity contribution >= 4 is 0 Å². The summed E-state index contributed by atoms with van der Waals surface area (Å²) in [6.07, 6.45) is 7.02. The van der Waals surface area contributed by atoms with E-state index in [0.717, 1.165) is 12.5 Å². The Kier molecular flexibility index (Phi) is 4.74. The zero-order valence-corrected chi connectivity index (χ0v) is 8.96. The summed E-state index contributed by atoms with van der Waals surface area (Å²) in [4.78, 5) is 0. The van der Waals surface area contributed by atoms with Gasteiger partial charge < -0.3 is 10.5 Å². The van der Waals surface area contributed by atoms with Gasteiger partial charge in [0.05, 0.1) is 12.7 Å². The fraction of sp³-hybridized carbons (Fsp3) is 1.00. The van der Waals surface area contributed by atoms with Crippen LogP contribution in [0.15, 0.2) is 0 Å². The largest absolute Gasteiger partial charge is 0.377 e. The normalized spacial score (nSPS) is 31.6. The number of hydrogen-bond donors (Lipinski definition) is 1. The molecule has 2 nitrogen and oxygen atoms in total. The van der Waals surface area contributed by atoms with E-state index in [4.69, 9.17) is 10.5 Å². The fourth-order valence-electron chi connectivity index (χ4n) is 2.05. The number of ether oxygens (including phenoxy) is 1. The van der Waals surface area contributed by atoms with Gasteiger partial charge in [-0.1, -0.05) is 26.2 Å². The van der Waals surface area contributed by atoms with E-state index >= 15 is 0 Å². The molecule has 78 valence electrons. The number of hydrogen-bond acceptors (Lipinski definition) is 2. The highest BCUT2D eigenvalue weighted by Crippen LogP contribution is 2.28. The van der Waals surface area contributed by atoms with E-state index in [2.05, 4.69) is 6.92 Å². The molecule has 0 radical (unpaired) electrons. The summed E-state index contributed by atoms with van der Waals surface area (Å²) >= 11 is 0. The molecule has 3 atom stereocenters. The molecule has 0 heterocycles. The summed E-state index contributed by atoms with van der Waals surface area (Å²) < 4.78 is 5.75. The van der Waals surface area contributed by atoms with Gasteiger partial charge in [0, 0.05) is 6.04 Å². The molecular formula is C11H23NO. The third kappa shape index (κ3) is 4.10. The Morgan fingerprint density at radius 3 is 2.85 bits per heavy atom. The van der Waals surface area contributed by atoms with Crippen molar-refractivity contribution in [3.63, 3.8) is 0 Å². The fourth-order valence-corrected chi connectivity index (χ4v) is 2.05. The second-order valence-corrected chi connectivity index (χ2v) is 4.37. The highest BCUT2D eigenvalue weighted by molar-refractivity contribution is 4.72. The molecule has 0 spiro atoms. The van der Waals surface area contributed by atoms with Crippen molar-refractivity contribution in [2.75, 3.05) is 6.61 Å². The van der Waals surface area contributed by atoms with Crippen LogP contribution in [-0.2, 0) is 4.74 Å². The number of rotatable bonds is 4. The molecule has 0 aromatic rings. The standard InChI is InChI=1S/C11H23NO/c1-3-10-5-4-6-11(7-10)13-8-9(2)12/h9-11H,3-8,12H2,1-2H3/t9-,10?,11?/m0/s1. The van der Waals surface area contributed by atoms with Crippen LogP contribution in [0.5, 0.6) is 0 Å². The van der Waals surface area contributed by atoms with E-state index in [-0.39, 0.29) is 6.04 Å². The van der Waals surface area contributed by atoms with Crippen LogP contribution in [0.2, 0.25) is 0 Å². The predicted octanol–water partition coefficient (Wildman–Crippen LogP) is 2.32. The van der Waals surface area contributed by atoms with Crippen LogP contribution < -0.4 is 5.73 Å². The SMILES string of the molecule is CCC1CCCC(OC[C@H](C)N)C1. The van der Waals surface area contributed by atoms with Crippen molar-refractivity contribution in [1.29, 1.82) is 0 Å². The van der Waals surface area contributed by atoms with Crippen LogP contribution in [0.1, 0.15) is 46.0 Å². The lowest BCUT2D eigenvalue weighted by Gasteiger charge is -2.28. The van der Waals surface area contributed by atoms with Gasteiger partial charge in [0.1, 0.15) is 0 Å². The lowest BCUT2D eigenvalue weighted by atomic mass is 9.85. The van der Waals surface area contributed by atoms with Crippen molar-refractivity contribution in [3.8, 4) is 0 Å². The molecule has 1 aliphatic carbocycles. The van der Waals surface area contributed by atoms with E-state index in [1.807, 2.05) is 6.92 Å². The Labute approximate surface area is 81.8 Å². The molecule has 1 saturated carbocycles. The summed E-state index contributed by atoms with van der Waals surface area (Å²) in [5, 5.41) is 0. The quantitative estimate of drug-likeness (QED) is 0.729. The first kappa shape index (κ1) is 11.0. The van der Waals surface area contributed by atoms with Gasteiger partial charge in [-0.2, -0.15) is 0 Å². The van der Waals surface area contributed by atoms with Gasteiger partial charge in [-0.15, -0.1) is 0 Å². The molecule has 2 heteroatoms. The van der Waals surface area contributed by atoms with Crippen LogP contribution in [-0.4, -0.2) is 18.8 Å². The first-order chi connectivity index (χ1) is 6.22.